The van der Waals surface area contributed by atoms with Gasteiger partial charge in [-0.2, -0.15) is 0 Å². The van der Waals surface area contributed by atoms with Gasteiger partial charge in [-0.05, 0) is 50.3 Å². The van der Waals surface area contributed by atoms with Crippen molar-refractivity contribution in [2.75, 3.05) is 0 Å². The number of benzene rings is 1. The monoisotopic (exact) mass is 300 g/mol. The maximum atomic E-state index is 11.7. The van der Waals surface area contributed by atoms with E-state index in [0.29, 0.717) is 10.7 Å². The Morgan fingerprint density at radius 3 is 2.38 bits per heavy atom. The number of carbonyl (C=O) groups is 1. The average molecular weight is 301 g/mol. The molecule has 0 radical (unpaired) electrons. The Morgan fingerprint density at radius 2 is 1.88 bits per heavy atom. The molecule has 1 amide bonds. The number of hydrogen-bond donors (Lipinski definition) is 2. The standard InChI is InChI=1S/C11H13BrN2OS/c1-7(2)13-11(16)14-10(15)8-3-5-9(12)6-4-8/h3-7H,1-2H3,(H2,13,14,15,16). The molecule has 0 aliphatic heterocycles. The number of rotatable bonds is 2. The Hall–Kier alpha value is -0.940. The molecule has 0 saturated carbocycles. The zero-order valence-electron chi connectivity index (χ0n) is 9.08. The highest BCUT2D eigenvalue weighted by Crippen LogP contribution is 2.10. The van der Waals surface area contributed by atoms with Crippen molar-refractivity contribution in [2.24, 2.45) is 0 Å². The third-order valence-corrected chi connectivity index (χ3v) is 2.50. The molecule has 5 heteroatoms. The number of amides is 1. The van der Waals surface area contributed by atoms with Crippen LogP contribution < -0.4 is 10.6 Å². The van der Waals surface area contributed by atoms with Gasteiger partial charge in [-0.3, -0.25) is 10.1 Å². The first-order valence-corrected chi connectivity index (χ1v) is 6.06. The molecule has 86 valence electrons. The lowest BCUT2D eigenvalue weighted by molar-refractivity contribution is 0.0976. The Bertz CT molecular complexity index is 389. The van der Waals surface area contributed by atoms with Crippen LogP contribution in [-0.4, -0.2) is 17.1 Å². The van der Waals surface area contributed by atoms with Crippen LogP contribution in [-0.2, 0) is 0 Å². The normalized spacial score (nSPS) is 10.0. The summed E-state index contributed by atoms with van der Waals surface area (Å²) in [6.07, 6.45) is 0. The molecule has 0 fully saturated rings. The van der Waals surface area contributed by atoms with Crippen LogP contribution in [0, 0.1) is 0 Å². The molecule has 0 aliphatic rings. The molecular formula is C11H13BrN2OS. The number of nitrogens with one attached hydrogen (secondary N) is 2. The number of halogens is 1. The van der Waals surface area contributed by atoms with Gasteiger partial charge in [0.25, 0.3) is 5.91 Å². The quantitative estimate of drug-likeness (QED) is 0.825. The third-order valence-electron chi connectivity index (χ3n) is 1.75. The molecule has 16 heavy (non-hydrogen) atoms. The molecule has 2 N–H and O–H groups in total. The third kappa shape index (κ3) is 4.28. The minimum atomic E-state index is -0.203. The van der Waals surface area contributed by atoms with Crippen molar-refractivity contribution in [3.8, 4) is 0 Å². The van der Waals surface area contributed by atoms with Gasteiger partial charge in [0.2, 0.25) is 0 Å². The summed E-state index contributed by atoms with van der Waals surface area (Å²) in [5.41, 5.74) is 0.580. The lowest BCUT2D eigenvalue weighted by Gasteiger charge is -2.11. The lowest BCUT2D eigenvalue weighted by atomic mass is 10.2. The number of hydrogen-bond acceptors (Lipinski definition) is 2. The van der Waals surface area contributed by atoms with Crippen LogP contribution in [0.15, 0.2) is 28.7 Å². The summed E-state index contributed by atoms with van der Waals surface area (Å²) in [6, 6.07) is 7.30. The summed E-state index contributed by atoms with van der Waals surface area (Å²) in [4.78, 5) is 11.7. The molecular weight excluding hydrogens is 288 g/mol. The largest absolute Gasteiger partial charge is 0.360 e. The smallest absolute Gasteiger partial charge is 0.257 e. The van der Waals surface area contributed by atoms with Crippen molar-refractivity contribution in [3.05, 3.63) is 34.3 Å². The molecule has 0 heterocycles. The zero-order chi connectivity index (χ0) is 12.1. The fraction of sp³-hybridized carbons (Fsp3) is 0.273. The van der Waals surface area contributed by atoms with Gasteiger partial charge in [-0.1, -0.05) is 15.9 Å². The van der Waals surface area contributed by atoms with Crippen molar-refractivity contribution in [2.45, 2.75) is 19.9 Å². The Balaban J connectivity index is 2.59. The SMILES string of the molecule is CC(C)NC(=S)NC(=O)c1ccc(Br)cc1. The van der Waals surface area contributed by atoms with Crippen LogP contribution in [0.1, 0.15) is 24.2 Å². The summed E-state index contributed by atoms with van der Waals surface area (Å²) >= 11 is 8.29. The molecule has 0 saturated heterocycles. The summed E-state index contributed by atoms with van der Waals surface area (Å²) in [5, 5.41) is 5.91. The van der Waals surface area contributed by atoms with Gasteiger partial charge in [0.05, 0.1) is 0 Å². The number of thiocarbonyl (C=S) groups is 1. The minimum Gasteiger partial charge on any atom is -0.360 e. The van der Waals surface area contributed by atoms with Crippen molar-refractivity contribution < 1.29 is 4.79 Å². The highest BCUT2D eigenvalue weighted by Gasteiger charge is 2.07. The van der Waals surface area contributed by atoms with E-state index in [1.165, 1.54) is 0 Å². The zero-order valence-corrected chi connectivity index (χ0v) is 11.5. The van der Waals surface area contributed by atoms with E-state index in [1.54, 1.807) is 12.1 Å². The predicted octanol–water partition coefficient (Wildman–Crippen LogP) is 2.46. The molecule has 1 rings (SSSR count). The van der Waals surface area contributed by atoms with E-state index >= 15 is 0 Å². The summed E-state index contributed by atoms with van der Waals surface area (Å²) < 4.78 is 0.937. The van der Waals surface area contributed by atoms with Gasteiger partial charge < -0.3 is 5.32 Å². The first kappa shape index (κ1) is 13.1. The van der Waals surface area contributed by atoms with Crippen molar-refractivity contribution in [3.63, 3.8) is 0 Å². The van der Waals surface area contributed by atoms with E-state index in [4.69, 9.17) is 12.2 Å². The van der Waals surface area contributed by atoms with E-state index in [-0.39, 0.29) is 11.9 Å². The van der Waals surface area contributed by atoms with Gasteiger partial charge in [0, 0.05) is 16.1 Å². The van der Waals surface area contributed by atoms with Crippen molar-refractivity contribution in [1.82, 2.24) is 10.6 Å². The second kappa shape index (κ2) is 5.96. The molecule has 3 nitrogen and oxygen atoms in total. The second-order valence-corrected chi connectivity index (χ2v) is 4.91. The molecule has 1 aromatic carbocycles. The predicted molar refractivity (Wildman–Crippen MR) is 72.5 cm³/mol. The van der Waals surface area contributed by atoms with Gasteiger partial charge in [0.1, 0.15) is 0 Å². The van der Waals surface area contributed by atoms with E-state index in [2.05, 4.69) is 26.6 Å². The van der Waals surface area contributed by atoms with Crippen molar-refractivity contribution in [1.29, 1.82) is 0 Å². The fourth-order valence-corrected chi connectivity index (χ4v) is 1.67. The highest BCUT2D eigenvalue weighted by atomic mass is 79.9. The van der Waals surface area contributed by atoms with Crippen molar-refractivity contribution >= 4 is 39.2 Å². The minimum absolute atomic E-state index is 0.203. The van der Waals surface area contributed by atoms with E-state index in [0.717, 1.165) is 4.47 Å². The lowest BCUT2D eigenvalue weighted by Crippen LogP contribution is -2.42. The van der Waals surface area contributed by atoms with Gasteiger partial charge in [-0.15, -0.1) is 0 Å². The molecule has 0 unspecified atom stereocenters. The Morgan fingerprint density at radius 1 is 1.31 bits per heavy atom. The Labute approximate surface area is 109 Å². The van der Waals surface area contributed by atoms with E-state index in [1.807, 2.05) is 26.0 Å². The molecule has 0 spiro atoms. The maximum Gasteiger partial charge on any atom is 0.257 e. The summed E-state index contributed by atoms with van der Waals surface area (Å²) in [5.74, 6) is -0.203. The molecule has 0 atom stereocenters. The Kier molecular flexibility index (Phi) is 4.89. The second-order valence-electron chi connectivity index (χ2n) is 3.59. The first-order chi connectivity index (χ1) is 7.49. The van der Waals surface area contributed by atoms with Crippen LogP contribution in [0.4, 0.5) is 0 Å². The first-order valence-electron chi connectivity index (χ1n) is 4.86. The van der Waals surface area contributed by atoms with E-state index in [9.17, 15) is 4.79 Å². The van der Waals surface area contributed by atoms with Crippen LogP contribution in [0.2, 0.25) is 0 Å². The van der Waals surface area contributed by atoms with Crippen LogP contribution in [0.5, 0.6) is 0 Å². The van der Waals surface area contributed by atoms with Gasteiger partial charge in [-0.25, -0.2) is 0 Å². The molecule has 0 aliphatic carbocycles. The topological polar surface area (TPSA) is 41.1 Å². The van der Waals surface area contributed by atoms with Gasteiger partial charge in [0.15, 0.2) is 5.11 Å². The van der Waals surface area contributed by atoms with Gasteiger partial charge >= 0.3 is 0 Å². The van der Waals surface area contributed by atoms with Crippen LogP contribution in [0.25, 0.3) is 0 Å². The van der Waals surface area contributed by atoms with Crippen LogP contribution >= 0.6 is 28.1 Å². The fourth-order valence-electron chi connectivity index (χ4n) is 1.07. The average Bonchev–Trinajstić information content (AvgIpc) is 2.16. The summed E-state index contributed by atoms with van der Waals surface area (Å²) in [6.45, 7) is 3.91. The molecule has 0 aromatic heterocycles. The summed E-state index contributed by atoms with van der Waals surface area (Å²) in [7, 11) is 0. The van der Waals surface area contributed by atoms with E-state index < -0.39 is 0 Å². The maximum absolute atomic E-state index is 11.7. The molecule has 0 bridgehead atoms. The molecule has 1 aromatic rings. The van der Waals surface area contributed by atoms with Crippen LogP contribution in [0.3, 0.4) is 0 Å². The number of carbonyl (C=O) groups excluding carboxylic acids is 1. The highest BCUT2D eigenvalue weighted by molar-refractivity contribution is 9.10.